The molecule has 3 saturated carbocycles. The maximum atomic E-state index is 11.5. The average molecular weight is 1110 g/mol. The van der Waals surface area contributed by atoms with Gasteiger partial charge < -0.3 is 32.5 Å². The van der Waals surface area contributed by atoms with E-state index in [0.717, 1.165) is 101 Å². The maximum absolute atomic E-state index is 11.5. The second-order valence-corrected chi connectivity index (χ2v) is 24.6. The molecule has 0 radical (unpaired) electrons. The Bertz CT molecular complexity index is 2980. The molecule has 0 unspecified atom stereocenters. The summed E-state index contributed by atoms with van der Waals surface area (Å²) in [6, 6.07) is 79.8. The van der Waals surface area contributed by atoms with E-state index in [1.54, 1.807) is 0 Å². The first-order chi connectivity index (χ1) is 40.8. The van der Waals surface area contributed by atoms with Crippen LogP contribution in [0.15, 0.2) is 237 Å². The van der Waals surface area contributed by atoms with Crippen molar-refractivity contribution in [1.82, 2.24) is 0 Å². The van der Waals surface area contributed by atoms with Crippen LogP contribution in [0.1, 0.15) is 148 Å². The Kier molecular flexibility index (Phi) is 19.4. The highest BCUT2D eigenvalue weighted by Gasteiger charge is 2.45. The standard InChI is InChI=1S/3C19H14O.3C7H15N/c3*20-19(14-8-2-1-3-9-14)17-12-6-4-10-15(17)16-11-5-7-13-18(16)19;3*1-6-2-4-7(8)5-3-6/h3*1-13,20H;3*6-7H,2-5,8H2,1H3. The monoisotopic (exact) mass is 1110 g/mol. The molecular formula is C78H87N3O3. The van der Waals surface area contributed by atoms with Crippen LogP contribution in [-0.4, -0.2) is 33.4 Å². The van der Waals surface area contributed by atoms with E-state index in [4.69, 9.17) is 17.2 Å². The van der Waals surface area contributed by atoms with Crippen molar-refractivity contribution in [2.24, 2.45) is 35.0 Å². The molecule has 0 bridgehead atoms. The van der Waals surface area contributed by atoms with E-state index in [9.17, 15) is 15.3 Å². The third-order valence-electron chi connectivity index (χ3n) is 18.5. The molecule has 6 heteroatoms. The third-order valence-corrected chi connectivity index (χ3v) is 18.5. The molecule has 0 heterocycles. The highest BCUT2D eigenvalue weighted by Crippen LogP contribution is 2.53. The van der Waals surface area contributed by atoms with Gasteiger partial charge in [-0.3, -0.25) is 0 Å². The number of fused-ring (bicyclic) bond motifs is 9. The van der Waals surface area contributed by atoms with Crippen molar-refractivity contribution in [1.29, 1.82) is 0 Å². The summed E-state index contributed by atoms with van der Waals surface area (Å²) >= 11 is 0. The molecular weight excluding hydrogens is 1030 g/mol. The molecule has 9 N–H and O–H groups in total. The number of nitrogens with two attached hydrogens (primary N) is 3. The van der Waals surface area contributed by atoms with E-state index in [1.165, 1.54) is 77.0 Å². The summed E-state index contributed by atoms with van der Waals surface area (Å²) in [7, 11) is 0. The fourth-order valence-electron chi connectivity index (χ4n) is 13.5. The lowest BCUT2D eigenvalue weighted by molar-refractivity contribution is 0.130. The maximum Gasteiger partial charge on any atom is 0.141 e. The Labute approximate surface area is 500 Å². The van der Waals surface area contributed by atoms with Gasteiger partial charge in [-0.25, -0.2) is 0 Å². The van der Waals surface area contributed by atoms with Crippen molar-refractivity contribution < 1.29 is 15.3 Å². The van der Waals surface area contributed by atoms with Gasteiger partial charge in [-0.1, -0.05) is 257 Å². The van der Waals surface area contributed by atoms with Crippen molar-refractivity contribution in [2.45, 2.75) is 133 Å². The molecule has 3 fully saturated rings. The van der Waals surface area contributed by atoms with Crippen LogP contribution in [0.4, 0.5) is 0 Å². The van der Waals surface area contributed by atoms with Gasteiger partial charge >= 0.3 is 0 Å². The number of rotatable bonds is 3. The molecule has 0 spiro atoms. The topological polar surface area (TPSA) is 139 Å². The van der Waals surface area contributed by atoms with Crippen LogP contribution in [0.2, 0.25) is 0 Å². The Balaban J connectivity index is 0.000000118. The van der Waals surface area contributed by atoms with Crippen LogP contribution in [-0.2, 0) is 16.8 Å². The smallest absolute Gasteiger partial charge is 0.141 e. The second-order valence-electron chi connectivity index (χ2n) is 24.6. The molecule has 15 rings (SSSR count). The molecule has 0 amide bonds. The fourth-order valence-corrected chi connectivity index (χ4v) is 13.5. The lowest BCUT2D eigenvalue weighted by Gasteiger charge is -2.26. The zero-order chi connectivity index (χ0) is 58.7. The van der Waals surface area contributed by atoms with Crippen LogP contribution >= 0.6 is 0 Å². The van der Waals surface area contributed by atoms with E-state index in [0.29, 0.717) is 18.1 Å². The Morgan fingerprint density at radius 2 is 0.393 bits per heavy atom. The lowest BCUT2D eigenvalue weighted by atomic mass is 9.84. The van der Waals surface area contributed by atoms with Gasteiger partial charge in [0.15, 0.2) is 0 Å². The van der Waals surface area contributed by atoms with Crippen LogP contribution in [0, 0.1) is 17.8 Å². The molecule has 6 nitrogen and oxygen atoms in total. The highest BCUT2D eigenvalue weighted by molar-refractivity contribution is 5.84. The van der Waals surface area contributed by atoms with Crippen molar-refractivity contribution in [3.05, 3.63) is 287 Å². The summed E-state index contributed by atoms with van der Waals surface area (Å²) < 4.78 is 0. The predicted octanol–water partition coefficient (Wildman–Crippen LogP) is 16.4. The SMILES string of the molecule is CC1CCC(N)CC1.CC1CCC(N)CC1.CC1CCC(N)CC1.OC1(c2ccccc2)c2ccccc2-c2ccccc21.OC1(c2ccccc2)c2ccccc2-c2ccccc21.OC1(c2ccccc2)c2ccccc2-c2ccccc21. The van der Waals surface area contributed by atoms with Gasteiger partial charge in [-0.15, -0.1) is 0 Å². The molecule has 0 aromatic heterocycles. The van der Waals surface area contributed by atoms with Crippen LogP contribution in [0.3, 0.4) is 0 Å². The first-order valence-corrected chi connectivity index (χ1v) is 31.0. The molecule has 84 heavy (non-hydrogen) atoms. The van der Waals surface area contributed by atoms with Gasteiger partial charge in [-0.2, -0.15) is 0 Å². The minimum Gasteiger partial charge on any atom is -0.376 e. The predicted molar refractivity (Wildman–Crippen MR) is 348 cm³/mol. The molecule has 9 aromatic carbocycles. The molecule has 0 aliphatic heterocycles. The summed E-state index contributed by atoms with van der Waals surface area (Å²) in [5, 5.41) is 34.4. The highest BCUT2D eigenvalue weighted by atomic mass is 16.3. The summed E-state index contributed by atoms with van der Waals surface area (Å²) in [6.07, 6.45) is 15.6. The normalized spacial score (nSPS) is 21.8. The van der Waals surface area contributed by atoms with E-state index < -0.39 is 16.8 Å². The number of benzene rings is 9. The van der Waals surface area contributed by atoms with Gasteiger partial charge in [0, 0.05) is 51.5 Å². The van der Waals surface area contributed by atoms with Crippen LogP contribution in [0.5, 0.6) is 0 Å². The first-order valence-electron chi connectivity index (χ1n) is 31.0. The molecule has 9 aromatic rings. The largest absolute Gasteiger partial charge is 0.376 e. The van der Waals surface area contributed by atoms with E-state index in [-0.39, 0.29) is 0 Å². The van der Waals surface area contributed by atoms with Crippen molar-refractivity contribution >= 4 is 0 Å². The van der Waals surface area contributed by atoms with Crippen molar-refractivity contribution in [3.63, 3.8) is 0 Å². The van der Waals surface area contributed by atoms with Crippen molar-refractivity contribution in [2.75, 3.05) is 0 Å². The minimum atomic E-state index is -1.05. The Morgan fingerprint density at radius 3 is 0.560 bits per heavy atom. The third kappa shape index (κ3) is 12.7. The second kappa shape index (κ2) is 27.2. The van der Waals surface area contributed by atoms with Gasteiger partial charge in [-0.05, 0) is 145 Å². The van der Waals surface area contributed by atoms with Crippen molar-refractivity contribution in [3.8, 4) is 33.4 Å². The van der Waals surface area contributed by atoms with Gasteiger partial charge in [0.1, 0.15) is 16.8 Å². The quantitative estimate of drug-likeness (QED) is 0.104. The van der Waals surface area contributed by atoms with Crippen LogP contribution in [0.25, 0.3) is 33.4 Å². The van der Waals surface area contributed by atoms with Crippen LogP contribution < -0.4 is 17.2 Å². The summed E-state index contributed by atoms with van der Waals surface area (Å²) in [6.45, 7) is 6.93. The summed E-state index contributed by atoms with van der Waals surface area (Å²) in [5.74, 6) is 2.82. The Hall–Kier alpha value is -7.26. The number of hydrogen-bond acceptors (Lipinski definition) is 6. The zero-order valence-corrected chi connectivity index (χ0v) is 49.5. The fraction of sp³-hybridized carbons (Fsp3) is 0.308. The van der Waals surface area contributed by atoms with E-state index in [1.807, 2.05) is 200 Å². The molecule has 6 aliphatic carbocycles. The van der Waals surface area contributed by atoms with E-state index >= 15 is 0 Å². The first kappa shape index (κ1) is 59.9. The molecule has 432 valence electrons. The zero-order valence-electron chi connectivity index (χ0n) is 49.5. The summed E-state index contributed by atoms with van der Waals surface area (Å²) in [5.41, 5.74) is 29.2. The number of aliphatic hydroxyl groups is 3. The lowest BCUT2D eigenvalue weighted by Crippen LogP contribution is -2.25. The van der Waals surface area contributed by atoms with Gasteiger partial charge in [0.05, 0.1) is 0 Å². The minimum absolute atomic E-state index is 0.520. The summed E-state index contributed by atoms with van der Waals surface area (Å²) in [4.78, 5) is 0. The van der Waals surface area contributed by atoms with Gasteiger partial charge in [0.25, 0.3) is 0 Å². The number of hydrogen-bond donors (Lipinski definition) is 6. The van der Waals surface area contributed by atoms with Gasteiger partial charge in [0.2, 0.25) is 0 Å². The Morgan fingerprint density at radius 1 is 0.238 bits per heavy atom. The molecule has 0 atom stereocenters. The molecule has 6 aliphatic rings. The van der Waals surface area contributed by atoms with E-state index in [2.05, 4.69) is 57.2 Å². The average Bonchev–Trinajstić information content (AvgIpc) is 1.77. The molecule has 0 saturated heterocycles.